The van der Waals surface area contributed by atoms with Gasteiger partial charge in [0, 0.05) is 0 Å². The van der Waals surface area contributed by atoms with Crippen molar-refractivity contribution in [3.05, 3.63) is 58.8 Å². The zero-order chi connectivity index (χ0) is 12.8. The normalized spacial score (nSPS) is 10.1. The van der Waals surface area contributed by atoms with Crippen molar-refractivity contribution in [3.8, 4) is 11.5 Å². The van der Waals surface area contributed by atoms with Gasteiger partial charge in [0.1, 0.15) is 19.0 Å². The van der Waals surface area contributed by atoms with E-state index in [2.05, 4.69) is 15.9 Å². The highest BCUT2D eigenvalue weighted by Crippen LogP contribution is 2.23. The lowest BCUT2D eigenvalue weighted by Crippen LogP contribution is -2.09. The predicted octanol–water partition coefficient (Wildman–Crippen LogP) is 4.05. The summed E-state index contributed by atoms with van der Waals surface area (Å²) in [7, 11) is 0. The zero-order valence-electron chi connectivity index (χ0n) is 9.61. The summed E-state index contributed by atoms with van der Waals surface area (Å²) in [5.74, 6) is 0.626. The fraction of sp³-hybridized carbons (Fsp3) is 0.143. The summed E-state index contributed by atoms with van der Waals surface area (Å²) in [6.07, 6.45) is 0. The second-order valence-electron chi connectivity index (χ2n) is 3.56. The molecule has 0 saturated carbocycles. The number of halogens is 2. The van der Waals surface area contributed by atoms with Crippen LogP contribution in [0.25, 0.3) is 0 Å². The van der Waals surface area contributed by atoms with Gasteiger partial charge in [-0.2, -0.15) is 0 Å². The first-order chi connectivity index (χ1) is 8.77. The van der Waals surface area contributed by atoms with Crippen LogP contribution in [-0.4, -0.2) is 13.2 Å². The Bertz CT molecular complexity index is 469. The minimum atomic E-state index is -0.363. The number of benzene rings is 2. The SMILES string of the molecule is Fc1ccccc1OCCOc1ccccc1Br. The molecule has 0 radical (unpaired) electrons. The molecular weight excluding hydrogens is 299 g/mol. The maximum absolute atomic E-state index is 13.2. The van der Waals surface area contributed by atoms with Crippen molar-refractivity contribution in [1.29, 1.82) is 0 Å². The number of hydrogen-bond acceptors (Lipinski definition) is 2. The number of hydrogen-bond donors (Lipinski definition) is 0. The lowest BCUT2D eigenvalue weighted by atomic mass is 10.3. The first kappa shape index (κ1) is 12.9. The monoisotopic (exact) mass is 310 g/mol. The highest BCUT2D eigenvalue weighted by atomic mass is 79.9. The molecule has 2 rings (SSSR count). The Morgan fingerprint density at radius 3 is 2.06 bits per heavy atom. The number of rotatable bonds is 5. The summed E-state index contributed by atoms with van der Waals surface area (Å²) in [6.45, 7) is 0.652. The third-order valence-electron chi connectivity index (χ3n) is 2.27. The van der Waals surface area contributed by atoms with E-state index in [0.29, 0.717) is 13.2 Å². The van der Waals surface area contributed by atoms with Crippen molar-refractivity contribution in [2.75, 3.05) is 13.2 Å². The largest absolute Gasteiger partial charge is 0.489 e. The van der Waals surface area contributed by atoms with E-state index in [0.717, 1.165) is 10.2 Å². The lowest BCUT2D eigenvalue weighted by molar-refractivity contribution is 0.210. The smallest absolute Gasteiger partial charge is 0.165 e. The molecule has 0 aliphatic carbocycles. The molecule has 94 valence electrons. The first-order valence-corrected chi connectivity index (χ1v) is 6.31. The van der Waals surface area contributed by atoms with Crippen LogP contribution in [0, 0.1) is 5.82 Å². The van der Waals surface area contributed by atoms with E-state index in [4.69, 9.17) is 9.47 Å². The molecular formula is C14H12BrFO2. The van der Waals surface area contributed by atoms with E-state index >= 15 is 0 Å². The average Bonchev–Trinajstić information content (AvgIpc) is 2.38. The van der Waals surface area contributed by atoms with Gasteiger partial charge in [-0.05, 0) is 40.2 Å². The molecule has 2 aromatic rings. The van der Waals surface area contributed by atoms with Crippen molar-refractivity contribution in [3.63, 3.8) is 0 Å². The maximum Gasteiger partial charge on any atom is 0.165 e. The van der Waals surface area contributed by atoms with Gasteiger partial charge in [0.15, 0.2) is 11.6 Å². The molecule has 0 unspecified atom stereocenters. The molecule has 0 N–H and O–H groups in total. The van der Waals surface area contributed by atoms with Crippen LogP contribution in [0.1, 0.15) is 0 Å². The quantitative estimate of drug-likeness (QED) is 0.776. The number of ether oxygens (including phenoxy) is 2. The molecule has 0 aliphatic rings. The van der Waals surface area contributed by atoms with E-state index in [9.17, 15) is 4.39 Å². The molecule has 2 aromatic carbocycles. The van der Waals surface area contributed by atoms with Gasteiger partial charge < -0.3 is 9.47 Å². The van der Waals surface area contributed by atoms with E-state index < -0.39 is 0 Å². The van der Waals surface area contributed by atoms with Gasteiger partial charge in [-0.1, -0.05) is 24.3 Å². The minimum absolute atomic E-state index is 0.244. The molecule has 0 heterocycles. The van der Waals surface area contributed by atoms with Crippen LogP contribution in [0.4, 0.5) is 4.39 Å². The summed E-state index contributed by atoms with van der Waals surface area (Å²) in [4.78, 5) is 0. The van der Waals surface area contributed by atoms with Crippen LogP contribution < -0.4 is 9.47 Å². The summed E-state index contributed by atoms with van der Waals surface area (Å²) in [5, 5.41) is 0. The third-order valence-corrected chi connectivity index (χ3v) is 2.93. The topological polar surface area (TPSA) is 18.5 Å². The summed E-state index contributed by atoms with van der Waals surface area (Å²) in [6, 6.07) is 13.9. The van der Waals surface area contributed by atoms with Crippen molar-refractivity contribution in [2.24, 2.45) is 0 Å². The third kappa shape index (κ3) is 3.47. The lowest BCUT2D eigenvalue weighted by Gasteiger charge is -2.09. The molecule has 0 saturated heterocycles. The van der Waals surface area contributed by atoms with Gasteiger partial charge in [-0.15, -0.1) is 0 Å². The molecule has 0 bridgehead atoms. The Kier molecular flexibility index (Phi) is 4.59. The van der Waals surface area contributed by atoms with E-state index in [1.807, 2.05) is 24.3 Å². The van der Waals surface area contributed by atoms with E-state index in [1.165, 1.54) is 6.07 Å². The first-order valence-electron chi connectivity index (χ1n) is 5.52. The van der Waals surface area contributed by atoms with E-state index in [-0.39, 0.29) is 11.6 Å². The fourth-order valence-electron chi connectivity index (χ4n) is 1.43. The summed E-state index contributed by atoms with van der Waals surface area (Å²) >= 11 is 3.38. The molecule has 4 heteroatoms. The van der Waals surface area contributed by atoms with Crippen LogP contribution in [0.15, 0.2) is 53.0 Å². The Hall–Kier alpha value is -1.55. The Balaban J connectivity index is 1.80. The molecule has 0 spiro atoms. The zero-order valence-corrected chi connectivity index (χ0v) is 11.2. The van der Waals surface area contributed by atoms with Gasteiger partial charge in [0.2, 0.25) is 0 Å². The van der Waals surface area contributed by atoms with Gasteiger partial charge >= 0.3 is 0 Å². The second kappa shape index (κ2) is 6.40. The van der Waals surface area contributed by atoms with Gasteiger partial charge in [-0.25, -0.2) is 4.39 Å². The van der Waals surface area contributed by atoms with Gasteiger partial charge in [0.05, 0.1) is 4.47 Å². The molecule has 2 nitrogen and oxygen atoms in total. The summed E-state index contributed by atoms with van der Waals surface area (Å²) in [5.41, 5.74) is 0. The molecule has 0 aliphatic heterocycles. The molecule has 0 aromatic heterocycles. The van der Waals surface area contributed by atoms with Crippen molar-refractivity contribution < 1.29 is 13.9 Å². The number of para-hydroxylation sites is 2. The van der Waals surface area contributed by atoms with Crippen LogP contribution in [-0.2, 0) is 0 Å². The van der Waals surface area contributed by atoms with Crippen LogP contribution >= 0.6 is 15.9 Å². The second-order valence-corrected chi connectivity index (χ2v) is 4.41. The van der Waals surface area contributed by atoms with Crippen molar-refractivity contribution >= 4 is 15.9 Å². The molecule has 0 fully saturated rings. The highest BCUT2D eigenvalue weighted by Gasteiger charge is 2.02. The van der Waals surface area contributed by atoms with Crippen LogP contribution in [0.2, 0.25) is 0 Å². The predicted molar refractivity (Wildman–Crippen MR) is 71.5 cm³/mol. The van der Waals surface area contributed by atoms with E-state index in [1.54, 1.807) is 18.2 Å². The Labute approximate surface area is 113 Å². The fourth-order valence-corrected chi connectivity index (χ4v) is 1.83. The van der Waals surface area contributed by atoms with Gasteiger partial charge in [-0.3, -0.25) is 0 Å². The summed E-state index contributed by atoms with van der Waals surface area (Å²) < 4.78 is 24.9. The van der Waals surface area contributed by atoms with Crippen LogP contribution in [0.3, 0.4) is 0 Å². The molecule has 0 amide bonds. The van der Waals surface area contributed by atoms with Gasteiger partial charge in [0.25, 0.3) is 0 Å². The standard InChI is InChI=1S/C14H12BrFO2/c15-11-5-1-3-7-13(11)17-9-10-18-14-8-4-2-6-12(14)16/h1-8H,9-10H2. The minimum Gasteiger partial charge on any atom is -0.489 e. The van der Waals surface area contributed by atoms with Crippen molar-refractivity contribution in [1.82, 2.24) is 0 Å². The Morgan fingerprint density at radius 2 is 1.39 bits per heavy atom. The average molecular weight is 311 g/mol. The molecule has 18 heavy (non-hydrogen) atoms. The Morgan fingerprint density at radius 1 is 0.833 bits per heavy atom. The van der Waals surface area contributed by atoms with Crippen molar-refractivity contribution in [2.45, 2.75) is 0 Å². The highest BCUT2D eigenvalue weighted by molar-refractivity contribution is 9.10. The maximum atomic E-state index is 13.2. The van der Waals surface area contributed by atoms with Crippen LogP contribution in [0.5, 0.6) is 11.5 Å². The molecule has 0 atom stereocenters.